The molecule has 0 aliphatic carbocycles. The number of rotatable bonds is 33. The molecule has 0 spiro atoms. The molecule has 0 saturated heterocycles. The average Bonchev–Trinajstić information content (AvgIpc) is 2.99. The molecule has 7 nitrogen and oxygen atoms in total. The van der Waals surface area contributed by atoms with Crippen molar-refractivity contribution in [3.8, 4) is 0 Å². The van der Waals surface area contributed by atoms with Crippen molar-refractivity contribution in [2.45, 2.75) is 188 Å². The van der Waals surface area contributed by atoms with E-state index >= 15 is 0 Å². The highest BCUT2D eigenvalue weighted by Crippen LogP contribution is 2.11. The zero-order valence-corrected chi connectivity index (χ0v) is 29.1. The van der Waals surface area contributed by atoms with Crippen LogP contribution in [0.15, 0.2) is 0 Å². The van der Waals surface area contributed by atoms with Gasteiger partial charge in [0, 0.05) is 13.1 Å². The van der Waals surface area contributed by atoms with E-state index in [4.69, 9.17) is 4.84 Å². The smallest absolute Gasteiger partial charge is 0.364 e. The number of hydroxylamine groups is 2. The Hall–Kier alpha value is -1.18. The van der Waals surface area contributed by atoms with Gasteiger partial charge in [0.25, 0.3) is 0 Å². The normalized spacial score (nSPS) is 12.3. The number of unbranched alkanes of at least 4 members (excludes halogenated alkanes) is 20. The number of amides is 1. The van der Waals surface area contributed by atoms with Crippen LogP contribution >= 0.6 is 0 Å². The minimum absolute atomic E-state index is 0.202. The van der Waals surface area contributed by atoms with Crippen LogP contribution in [0.3, 0.4) is 0 Å². The lowest BCUT2D eigenvalue weighted by atomic mass is 10.1. The van der Waals surface area contributed by atoms with E-state index in [-0.39, 0.29) is 12.5 Å². The van der Waals surface area contributed by atoms with Crippen LogP contribution in [-0.4, -0.2) is 65.9 Å². The number of aliphatic hydroxyl groups excluding tert-OH is 1. The maximum Gasteiger partial charge on any atom is 0.375 e. The number of nitrogens with zero attached hydrogens (tertiary/aromatic N) is 2. The second-order valence-electron chi connectivity index (χ2n) is 12.7. The van der Waals surface area contributed by atoms with E-state index in [1.54, 1.807) is 5.06 Å². The number of carbonyl (C=O) groups is 2. The van der Waals surface area contributed by atoms with Gasteiger partial charge in [-0.2, -0.15) is 0 Å². The molecule has 0 fully saturated rings. The standard InChI is InChI=1S/C36H73N3O4/c1-5-9-13-17-21-25-29-38(30-26-22-18-14-10-6-2)33-34(40)37-35(41)36(42)43-39(31-27-23-19-15-11-7-3)32-28-24-20-16-12-8-4/h35,41H,5-33H2,1-4H3,(H,37,40). The molecule has 0 rings (SSSR count). The van der Waals surface area contributed by atoms with Gasteiger partial charge in [0.1, 0.15) is 0 Å². The topological polar surface area (TPSA) is 82.1 Å². The van der Waals surface area contributed by atoms with Crippen LogP contribution < -0.4 is 5.32 Å². The van der Waals surface area contributed by atoms with Crippen LogP contribution in [0, 0.1) is 0 Å². The Morgan fingerprint density at radius 2 is 0.860 bits per heavy atom. The molecule has 1 atom stereocenters. The van der Waals surface area contributed by atoms with Crippen molar-refractivity contribution in [2.24, 2.45) is 0 Å². The van der Waals surface area contributed by atoms with Crippen molar-refractivity contribution in [3.63, 3.8) is 0 Å². The van der Waals surface area contributed by atoms with E-state index in [0.717, 1.165) is 51.6 Å². The molecule has 0 aromatic heterocycles. The Labute approximate surface area is 267 Å². The zero-order chi connectivity index (χ0) is 31.8. The van der Waals surface area contributed by atoms with E-state index < -0.39 is 12.2 Å². The average molecular weight is 612 g/mol. The number of hydrogen-bond acceptors (Lipinski definition) is 6. The molecule has 256 valence electrons. The maximum atomic E-state index is 12.9. The van der Waals surface area contributed by atoms with Crippen molar-refractivity contribution in [1.29, 1.82) is 0 Å². The molecule has 0 radical (unpaired) electrons. The fourth-order valence-electron chi connectivity index (χ4n) is 5.48. The van der Waals surface area contributed by atoms with Crippen molar-refractivity contribution < 1.29 is 19.5 Å². The minimum Gasteiger partial charge on any atom is -0.364 e. The van der Waals surface area contributed by atoms with Gasteiger partial charge in [0.15, 0.2) is 0 Å². The number of nitrogens with one attached hydrogen (secondary N) is 1. The van der Waals surface area contributed by atoms with Gasteiger partial charge in [-0.05, 0) is 38.8 Å². The van der Waals surface area contributed by atoms with Gasteiger partial charge in [-0.1, -0.05) is 156 Å². The van der Waals surface area contributed by atoms with Crippen molar-refractivity contribution in [2.75, 3.05) is 32.7 Å². The van der Waals surface area contributed by atoms with Gasteiger partial charge >= 0.3 is 5.97 Å². The molecule has 0 aromatic rings. The highest BCUT2D eigenvalue weighted by Gasteiger charge is 2.23. The first kappa shape index (κ1) is 41.8. The van der Waals surface area contributed by atoms with Crippen LogP contribution in [0.2, 0.25) is 0 Å². The largest absolute Gasteiger partial charge is 0.375 e. The molecule has 0 aliphatic heterocycles. The molecule has 0 aromatic carbocycles. The predicted octanol–water partition coefficient (Wildman–Crippen LogP) is 8.93. The monoisotopic (exact) mass is 612 g/mol. The fraction of sp³-hybridized carbons (Fsp3) is 0.944. The van der Waals surface area contributed by atoms with E-state index in [2.05, 4.69) is 37.9 Å². The van der Waals surface area contributed by atoms with Gasteiger partial charge in [0.2, 0.25) is 12.1 Å². The van der Waals surface area contributed by atoms with Gasteiger partial charge in [-0.3, -0.25) is 9.69 Å². The Kier molecular flexibility index (Phi) is 31.3. The van der Waals surface area contributed by atoms with Crippen LogP contribution in [-0.2, 0) is 14.4 Å². The first-order valence-electron chi connectivity index (χ1n) is 18.6. The molecule has 0 saturated carbocycles. The molecule has 0 heterocycles. The fourth-order valence-corrected chi connectivity index (χ4v) is 5.48. The molecule has 0 bridgehead atoms. The van der Waals surface area contributed by atoms with Crippen molar-refractivity contribution in [3.05, 3.63) is 0 Å². The molecule has 7 heteroatoms. The molecular weight excluding hydrogens is 538 g/mol. The lowest BCUT2D eigenvalue weighted by molar-refractivity contribution is -0.203. The first-order chi connectivity index (χ1) is 21.0. The highest BCUT2D eigenvalue weighted by molar-refractivity contribution is 5.84. The van der Waals surface area contributed by atoms with Crippen LogP contribution in [0.5, 0.6) is 0 Å². The summed E-state index contributed by atoms with van der Waals surface area (Å²) >= 11 is 0. The van der Waals surface area contributed by atoms with Crippen LogP contribution in [0.25, 0.3) is 0 Å². The molecule has 2 N–H and O–H groups in total. The van der Waals surface area contributed by atoms with Crippen molar-refractivity contribution >= 4 is 11.9 Å². The van der Waals surface area contributed by atoms with Gasteiger partial charge in [-0.15, -0.1) is 5.06 Å². The summed E-state index contributed by atoms with van der Waals surface area (Å²) in [5.41, 5.74) is 0. The summed E-state index contributed by atoms with van der Waals surface area (Å²) in [5.74, 6) is -1.11. The Bertz CT molecular complexity index is 587. The molecule has 43 heavy (non-hydrogen) atoms. The number of aliphatic hydroxyl groups is 1. The third-order valence-electron chi connectivity index (χ3n) is 8.29. The summed E-state index contributed by atoms with van der Waals surface area (Å²) in [5, 5.41) is 14.7. The van der Waals surface area contributed by atoms with E-state index in [9.17, 15) is 14.7 Å². The van der Waals surface area contributed by atoms with E-state index in [1.807, 2.05) is 0 Å². The molecule has 1 unspecified atom stereocenters. The summed E-state index contributed by atoms with van der Waals surface area (Å²) in [6.45, 7) is 12.2. The van der Waals surface area contributed by atoms with Gasteiger partial charge < -0.3 is 15.3 Å². The summed E-state index contributed by atoms with van der Waals surface area (Å²) in [6.07, 6.45) is 26.9. The van der Waals surface area contributed by atoms with E-state index in [1.165, 1.54) is 116 Å². The second-order valence-corrected chi connectivity index (χ2v) is 12.7. The lowest BCUT2D eigenvalue weighted by Crippen LogP contribution is -2.48. The quantitative estimate of drug-likeness (QED) is 0.0438. The second kappa shape index (κ2) is 32.2. The Morgan fingerprint density at radius 1 is 0.535 bits per heavy atom. The van der Waals surface area contributed by atoms with Gasteiger partial charge in [0.05, 0.1) is 6.54 Å². The number of hydrogen-bond donors (Lipinski definition) is 2. The molecule has 1 amide bonds. The van der Waals surface area contributed by atoms with Gasteiger partial charge in [-0.25, -0.2) is 4.79 Å². The highest BCUT2D eigenvalue weighted by atomic mass is 16.7. The Morgan fingerprint density at radius 3 is 1.23 bits per heavy atom. The number of carbonyl (C=O) groups excluding carboxylic acids is 2. The minimum atomic E-state index is -1.64. The SMILES string of the molecule is CCCCCCCCN(CCCCCCCC)CC(=O)NC(O)C(=O)ON(CCCCCCCC)CCCCCCCC. The summed E-state index contributed by atoms with van der Waals surface area (Å²) in [6, 6.07) is 0. The molecular formula is C36H73N3O4. The third kappa shape index (κ3) is 28.1. The summed E-state index contributed by atoms with van der Waals surface area (Å²) < 4.78 is 0. The summed E-state index contributed by atoms with van der Waals surface area (Å²) in [4.78, 5) is 33.4. The third-order valence-corrected chi connectivity index (χ3v) is 8.29. The van der Waals surface area contributed by atoms with Crippen LogP contribution in [0.1, 0.15) is 182 Å². The Balaban J connectivity index is 4.77. The molecule has 0 aliphatic rings. The first-order valence-corrected chi connectivity index (χ1v) is 18.6. The van der Waals surface area contributed by atoms with E-state index in [0.29, 0.717) is 13.1 Å². The lowest BCUT2D eigenvalue weighted by Gasteiger charge is -2.24. The van der Waals surface area contributed by atoms with Crippen molar-refractivity contribution in [1.82, 2.24) is 15.3 Å². The maximum absolute atomic E-state index is 12.9. The van der Waals surface area contributed by atoms with Crippen LogP contribution in [0.4, 0.5) is 0 Å². The zero-order valence-electron chi connectivity index (χ0n) is 29.1. The summed E-state index contributed by atoms with van der Waals surface area (Å²) in [7, 11) is 0. The predicted molar refractivity (Wildman–Crippen MR) is 182 cm³/mol.